The first-order valence-electron chi connectivity index (χ1n) is 26.7. The molecule has 8 nitrogen and oxygen atoms in total. The maximum atomic E-state index is 12.4. The number of fused-ring (bicyclic) bond motifs is 8. The van der Waals surface area contributed by atoms with Crippen molar-refractivity contribution in [1.29, 1.82) is 0 Å². The Labute approximate surface area is 410 Å². The molecule has 0 fully saturated rings. The van der Waals surface area contributed by atoms with Crippen molar-refractivity contribution in [2.24, 2.45) is 0 Å². The van der Waals surface area contributed by atoms with Crippen molar-refractivity contribution in [2.45, 2.75) is 234 Å². The van der Waals surface area contributed by atoms with Crippen LogP contribution in [0.4, 0.5) is 0 Å². The van der Waals surface area contributed by atoms with E-state index in [0.717, 1.165) is 147 Å². The Kier molecular flexibility index (Phi) is 20.5. The lowest BCUT2D eigenvalue weighted by atomic mass is 9.76. The predicted molar refractivity (Wildman–Crippen MR) is 279 cm³/mol. The lowest BCUT2D eigenvalue weighted by Crippen LogP contribution is -2.16. The smallest absolute Gasteiger partial charge is 0.127 e. The third kappa shape index (κ3) is 13.7. The second-order valence-electron chi connectivity index (χ2n) is 20.7. The van der Waals surface area contributed by atoms with Crippen LogP contribution in [0, 0.1) is 0 Å². The van der Waals surface area contributed by atoms with Crippen LogP contribution in [0.1, 0.15) is 254 Å². The van der Waals surface area contributed by atoms with Crippen molar-refractivity contribution < 1.29 is 39.4 Å². The number of unbranched alkanes of at least 4 members (excludes halogenated alkanes) is 8. The SMILES string of the molecule is CCCCC[C@H]1c2cc(c(OC(C)C)cc2O)[C@@H](CCCCC)c2cc(c(OC(C)C)cc2O)[C@@H](CCCCC)c2cc(c(OC(C)C)cc2O)[C@@H](CCCCC)c2cc1c(OC(C)C)cc2O. The van der Waals surface area contributed by atoms with Gasteiger partial charge in [-0.2, -0.15) is 0 Å². The molecule has 0 amide bonds. The number of hydrogen-bond donors (Lipinski definition) is 4. The average molecular weight is 937 g/mol. The van der Waals surface area contributed by atoms with E-state index in [0.29, 0.717) is 23.0 Å². The Bertz CT molecular complexity index is 1890. The van der Waals surface area contributed by atoms with Crippen LogP contribution in [0.25, 0.3) is 0 Å². The molecule has 1 aliphatic carbocycles. The summed E-state index contributed by atoms with van der Waals surface area (Å²) in [6.45, 7) is 24.8. The lowest BCUT2D eigenvalue weighted by molar-refractivity contribution is 0.236. The summed E-state index contributed by atoms with van der Waals surface area (Å²) in [5.41, 5.74) is 6.67. The molecule has 0 saturated carbocycles. The van der Waals surface area contributed by atoms with Crippen LogP contribution in [-0.4, -0.2) is 44.8 Å². The molecule has 0 spiro atoms. The van der Waals surface area contributed by atoms with Crippen LogP contribution in [0.5, 0.6) is 46.0 Å². The van der Waals surface area contributed by atoms with Gasteiger partial charge in [0, 0.05) is 92.4 Å². The lowest BCUT2D eigenvalue weighted by Gasteiger charge is -2.31. The second kappa shape index (κ2) is 25.8. The van der Waals surface area contributed by atoms with Gasteiger partial charge in [0.25, 0.3) is 0 Å². The van der Waals surface area contributed by atoms with E-state index in [-0.39, 0.29) is 71.1 Å². The fraction of sp³-hybridized carbons (Fsp3) is 0.600. The number of phenolic OH excluding ortho intramolecular Hbond substituents is 4. The van der Waals surface area contributed by atoms with Crippen molar-refractivity contribution in [3.8, 4) is 46.0 Å². The van der Waals surface area contributed by atoms with Crippen LogP contribution in [-0.2, 0) is 0 Å². The van der Waals surface area contributed by atoms with Crippen molar-refractivity contribution in [1.82, 2.24) is 0 Å². The molecule has 4 aromatic carbocycles. The Hall–Kier alpha value is -4.72. The monoisotopic (exact) mass is 937 g/mol. The third-order valence-corrected chi connectivity index (χ3v) is 13.5. The van der Waals surface area contributed by atoms with E-state index < -0.39 is 0 Å². The Morgan fingerprint density at radius 1 is 0.309 bits per heavy atom. The highest BCUT2D eigenvalue weighted by atomic mass is 16.5. The predicted octanol–water partition coefficient (Wildman–Crippen LogP) is 16.8. The molecule has 0 saturated heterocycles. The summed E-state index contributed by atoms with van der Waals surface area (Å²) in [5, 5.41) is 49.8. The average Bonchev–Trinajstić information content (AvgIpc) is 3.25. The fourth-order valence-electron chi connectivity index (χ4n) is 10.4. The molecule has 0 unspecified atom stereocenters. The van der Waals surface area contributed by atoms with E-state index in [1.54, 1.807) is 24.3 Å². The molecule has 68 heavy (non-hydrogen) atoms. The number of hydrogen-bond acceptors (Lipinski definition) is 8. The number of aromatic hydroxyl groups is 4. The normalized spacial score (nSPS) is 17.1. The first kappa shape index (κ1) is 54.2. The molecule has 376 valence electrons. The van der Waals surface area contributed by atoms with E-state index in [1.165, 1.54) is 0 Å². The second-order valence-corrected chi connectivity index (χ2v) is 20.7. The van der Waals surface area contributed by atoms with Crippen LogP contribution < -0.4 is 18.9 Å². The number of ether oxygens (including phenoxy) is 4. The zero-order valence-electron chi connectivity index (χ0n) is 44.0. The van der Waals surface area contributed by atoms with E-state index in [4.69, 9.17) is 18.9 Å². The van der Waals surface area contributed by atoms with Gasteiger partial charge < -0.3 is 39.4 Å². The van der Waals surface area contributed by atoms with Gasteiger partial charge in [0.1, 0.15) is 46.0 Å². The fourth-order valence-corrected chi connectivity index (χ4v) is 10.4. The van der Waals surface area contributed by atoms with E-state index in [1.807, 2.05) is 55.4 Å². The van der Waals surface area contributed by atoms with E-state index >= 15 is 0 Å². The summed E-state index contributed by atoms with van der Waals surface area (Å²) < 4.78 is 26.7. The molecule has 1 aliphatic rings. The first-order chi connectivity index (χ1) is 32.5. The summed E-state index contributed by atoms with van der Waals surface area (Å²) in [4.78, 5) is 0. The number of benzene rings is 4. The van der Waals surface area contributed by atoms with Gasteiger partial charge in [-0.05, 0) is 105 Å². The molecule has 4 aromatic rings. The zero-order chi connectivity index (χ0) is 49.7. The summed E-state index contributed by atoms with van der Waals surface area (Å²) in [6.07, 6.45) is 14.0. The van der Waals surface area contributed by atoms with Crippen LogP contribution in [0.2, 0.25) is 0 Å². The molecule has 8 heteroatoms. The van der Waals surface area contributed by atoms with Crippen molar-refractivity contribution in [3.05, 3.63) is 93.0 Å². The minimum Gasteiger partial charge on any atom is -0.508 e. The van der Waals surface area contributed by atoms with Crippen molar-refractivity contribution in [2.75, 3.05) is 0 Å². The zero-order valence-corrected chi connectivity index (χ0v) is 44.0. The molecular formula is C60H88O8. The summed E-state index contributed by atoms with van der Waals surface area (Å²) >= 11 is 0. The van der Waals surface area contributed by atoms with Gasteiger partial charge in [-0.25, -0.2) is 0 Å². The Morgan fingerprint density at radius 2 is 0.500 bits per heavy atom. The van der Waals surface area contributed by atoms with E-state index in [9.17, 15) is 20.4 Å². The van der Waals surface area contributed by atoms with Gasteiger partial charge in [-0.3, -0.25) is 0 Å². The quantitative estimate of drug-likeness (QED) is 0.0513. The third-order valence-electron chi connectivity index (χ3n) is 13.5. The highest BCUT2D eigenvalue weighted by molar-refractivity contribution is 5.63. The number of rotatable bonds is 24. The molecule has 4 atom stereocenters. The van der Waals surface area contributed by atoms with Crippen LogP contribution >= 0.6 is 0 Å². The molecule has 5 rings (SSSR count). The van der Waals surface area contributed by atoms with Gasteiger partial charge in [0.2, 0.25) is 0 Å². The van der Waals surface area contributed by atoms with Gasteiger partial charge in [-0.15, -0.1) is 0 Å². The van der Waals surface area contributed by atoms with Crippen molar-refractivity contribution >= 4 is 0 Å². The van der Waals surface area contributed by atoms with Gasteiger partial charge in [0.05, 0.1) is 24.4 Å². The summed E-state index contributed by atoms with van der Waals surface area (Å²) in [5.74, 6) is 1.62. The summed E-state index contributed by atoms with van der Waals surface area (Å²) in [7, 11) is 0. The number of phenols is 4. The molecule has 0 aliphatic heterocycles. The molecule has 4 N–H and O–H groups in total. The maximum absolute atomic E-state index is 12.4. The van der Waals surface area contributed by atoms with Gasteiger partial charge in [0.15, 0.2) is 0 Å². The van der Waals surface area contributed by atoms with Crippen LogP contribution in [0.15, 0.2) is 48.5 Å². The largest absolute Gasteiger partial charge is 0.508 e. The Balaban J connectivity index is 2.08. The minimum atomic E-state index is -0.322. The Morgan fingerprint density at radius 3 is 0.662 bits per heavy atom. The van der Waals surface area contributed by atoms with Gasteiger partial charge in [-0.1, -0.05) is 105 Å². The summed E-state index contributed by atoms with van der Waals surface area (Å²) in [6, 6.07) is 15.8. The maximum Gasteiger partial charge on any atom is 0.127 e. The van der Waals surface area contributed by atoms with Crippen LogP contribution in [0.3, 0.4) is 0 Å². The molecule has 0 heterocycles. The first-order valence-corrected chi connectivity index (χ1v) is 26.7. The highest BCUT2D eigenvalue weighted by Gasteiger charge is 2.34. The minimum absolute atomic E-state index is 0.140. The standard InChI is InChI=1S/C60H88O8/c1-13-17-21-25-41-45-29-50(58(33-53(45)61)66-38(7)8)43(27-23-19-15-3)47-31-52(60(35-55(47)63)68-40(11)12)44(28-24-20-16-4)48-32-51(59(36-56(48)64)67-39(9)10)42(26-22-18-14-2)46-30-49(41)57(34-54(46)62)65-37(5)6/h29-44,61-64H,13-28H2,1-12H3/t41-,42-,43-,44-/m0/s1. The highest BCUT2D eigenvalue weighted by Crippen LogP contribution is 2.53. The van der Waals surface area contributed by atoms with E-state index in [2.05, 4.69) is 52.0 Å². The molecular weight excluding hydrogens is 849 g/mol. The van der Waals surface area contributed by atoms with Gasteiger partial charge >= 0.3 is 0 Å². The molecule has 0 radical (unpaired) electrons. The topological polar surface area (TPSA) is 118 Å². The molecule has 0 aromatic heterocycles. The van der Waals surface area contributed by atoms with Crippen molar-refractivity contribution in [3.63, 3.8) is 0 Å². The molecule has 8 bridgehead atoms.